The molecule has 0 bridgehead atoms. The summed E-state index contributed by atoms with van der Waals surface area (Å²) in [6, 6.07) is 4.11. The van der Waals surface area contributed by atoms with Gasteiger partial charge in [-0.05, 0) is 64.0 Å². The molecule has 2 fully saturated rings. The minimum atomic E-state index is -0.324. The standard InChI is InChI=1S/C26H32N6O4/c33-19-6-5-17(26(36)28-8-14-32-11-3-4-12-32)22-24(19)30-23-18(20(34)15-21(35)25(23)29-22)16-27-7-13-31-9-1-2-10-31/h5-6,15-16,33-35H,1-4,7-14H2,(H,28,36)/b27-16+. The molecule has 5 rings (SSSR count). The molecule has 1 aromatic heterocycles. The van der Waals surface area contributed by atoms with E-state index in [0.717, 1.165) is 39.3 Å². The zero-order chi connectivity index (χ0) is 25.1. The van der Waals surface area contributed by atoms with Crippen LogP contribution < -0.4 is 5.32 Å². The lowest BCUT2D eigenvalue weighted by molar-refractivity contribution is 0.0951. The number of nitrogens with zero attached hydrogens (tertiary/aromatic N) is 5. The van der Waals surface area contributed by atoms with Crippen molar-refractivity contribution in [2.45, 2.75) is 25.7 Å². The molecular formula is C26H32N6O4. The number of hydrogen-bond acceptors (Lipinski definition) is 9. The van der Waals surface area contributed by atoms with E-state index < -0.39 is 0 Å². The van der Waals surface area contributed by atoms with E-state index >= 15 is 0 Å². The lowest BCUT2D eigenvalue weighted by Gasteiger charge is -2.15. The summed E-state index contributed by atoms with van der Waals surface area (Å²) in [7, 11) is 0. The first kappa shape index (κ1) is 24.2. The first-order valence-corrected chi connectivity index (χ1v) is 12.6. The third-order valence-electron chi connectivity index (χ3n) is 6.97. The predicted octanol–water partition coefficient (Wildman–Crippen LogP) is 2.24. The molecule has 0 spiro atoms. The van der Waals surface area contributed by atoms with Gasteiger partial charge in [0.2, 0.25) is 0 Å². The number of rotatable bonds is 8. The molecule has 3 heterocycles. The van der Waals surface area contributed by atoms with Gasteiger partial charge in [0, 0.05) is 31.9 Å². The molecule has 0 unspecified atom stereocenters. The number of aromatic nitrogens is 2. The Kier molecular flexibility index (Phi) is 7.15. The van der Waals surface area contributed by atoms with Crippen LogP contribution in [0.2, 0.25) is 0 Å². The summed E-state index contributed by atoms with van der Waals surface area (Å²) in [6.07, 6.45) is 6.31. The summed E-state index contributed by atoms with van der Waals surface area (Å²) in [5, 5.41) is 34.5. The van der Waals surface area contributed by atoms with E-state index in [-0.39, 0.29) is 50.8 Å². The molecule has 4 N–H and O–H groups in total. The molecule has 2 aliphatic heterocycles. The van der Waals surface area contributed by atoms with Gasteiger partial charge in [0.15, 0.2) is 0 Å². The number of benzene rings is 2. The summed E-state index contributed by atoms with van der Waals surface area (Å²) >= 11 is 0. The van der Waals surface area contributed by atoms with Crippen molar-refractivity contribution < 1.29 is 20.1 Å². The minimum absolute atomic E-state index is 0.117. The number of phenols is 3. The fourth-order valence-electron chi connectivity index (χ4n) is 4.99. The van der Waals surface area contributed by atoms with E-state index in [1.807, 2.05) is 0 Å². The number of likely N-dealkylation sites (tertiary alicyclic amines) is 2. The van der Waals surface area contributed by atoms with E-state index in [4.69, 9.17) is 0 Å². The summed E-state index contributed by atoms with van der Waals surface area (Å²) in [6.45, 7) is 6.92. The molecule has 1 amide bonds. The summed E-state index contributed by atoms with van der Waals surface area (Å²) in [5.74, 6) is -0.925. The van der Waals surface area contributed by atoms with Crippen molar-refractivity contribution in [3.05, 3.63) is 29.3 Å². The second kappa shape index (κ2) is 10.6. The first-order chi connectivity index (χ1) is 17.5. The highest BCUT2D eigenvalue weighted by molar-refractivity contribution is 6.10. The van der Waals surface area contributed by atoms with Gasteiger partial charge in [-0.25, -0.2) is 9.97 Å². The Hall–Kier alpha value is -3.50. The third-order valence-corrected chi connectivity index (χ3v) is 6.97. The van der Waals surface area contributed by atoms with Crippen molar-refractivity contribution in [3.63, 3.8) is 0 Å². The van der Waals surface area contributed by atoms with Gasteiger partial charge in [0.1, 0.15) is 39.3 Å². The second-order valence-electron chi connectivity index (χ2n) is 9.47. The Balaban J connectivity index is 1.44. The van der Waals surface area contributed by atoms with Gasteiger partial charge in [-0.3, -0.25) is 9.79 Å². The van der Waals surface area contributed by atoms with E-state index in [1.165, 1.54) is 50.1 Å². The maximum atomic E-state index is 13.0. The molecule has 36 heavy (non-hydrogen) atoms. The van der Waals surface area contributed by atoms with Crippen LogP contribution in [0.15, 0.2) is 23.2 Å². The molecule has 2 aromatic carbocycles. The van der Waals surface area contributed by atoms with Gasteiger partial charge in [0.25, 0.3) is 5.91 Å². The van der Waals surface area contributed by atoms with Gasteiger partial charge in [0.05, 0.1) is 17.7 Å². The van der Waals surface area contributed by atoms with Gasteiger partial charge < -0.3 is 30.4 Å². The Morgan fingerprint density at radius 2 is 1.50 bits per heavy atom. The number of phenolic OH excluding ortho intramolecular Hbond substituents is 3. The molecular weight excluding hydrogens is 460 g/mol. The molecule has 190 valence electrons. The molecule has 10 nitrogen and oxygen atoms in total. The Morgan fingerprint density at radius 1 is 0.861 bits per heavy atom. The lowest BCUT2D eigenvalue weighted by atomic mass is 10.1. The average molecular weight is 493 g/mol. The van der Waals surface area contributed by atoms with Crippen LogP contribution in [0.3, 0.4) is 0 Å². The summed E-state index contributed by atoms with van der Waals surface area (Å²) < 4.78 is 0. The largest absolute Gasteiger partial charge is 0.507 e. The maximum Gasteiger partial charge on any atom is 0.253 e. The van der Waals surface area contributed by atoms with Crippen LogP contribution in [0.5, 0.6) is 17.2 Å². The van der Waals surface area contributed by atoms with E-state index in [0.29, 0.717) is 18.7 Å². The summed E-state index contributed by atoms with van der Waals surface area (Å²) in [5.41, 5.74) is 1.18. The molecule has 0 saturated carbocycles. The van der Waals surface area contributed by atoms with Crippen LogP contribution in [-0.4, -0.2) is 99.6 Å². The van der Waals surface area contributed by atoms with E-state index in [2.05, 4.69) is 30.1 Å². The number of fused-ring (bicyclic) bond motifs is 2. The fourth-order valence-corrected chi connectivity index (χ4v) is 4.99. The fraction of sp³-hybridized carbons (Fsp3) is 0.462. The molecule has 10 heteroatoms. The highest BCUT2D eigenvalue weighted by Gasteiger charge is 2.20. The normalized spacial score (nSPS) is 17.1. The van der Waals surface area contributed by atoms with Gasteiger partial charge in [-0.2, -0.15) is 0 Å². The Morgan fingerprint density at radius 3 is 2.22 bits per heavy atom. The smallest absolute Gasteiger partial charge is 0.253 e. The zero-order valence-electron chi connectivity index (χ0n) is 20.3. The number of nitrogens with one attached hydrogen (secondary N) is 1. The third kappa shape index (κ3) is 5.05. The van der Waals surface area contributed by atoms with Crippen LogP contribution in [0.25, 0.3) is 22.1 Å². The highest BCUT2D eigenvalue weighted by atomic mass is 16.3. The second-order valence-corrected chi connectivity index (χ2v) is 9.47. The molecule has 0 aliphatic carbocycles. The zero-order valence-corrected chi connectivity index (χ0v) is 20.3. The van der Waals surface area contributed by atoms with Crippen molar-refractivity contribution in [2.24, 2.45) is 4.99 Å². The Labute approximate surface area is 209 Å². The molecule has 0 radical (unpaired) electrons. The number of aliphatic imine (C=N–C) groups is 1. The van der Waals surface area contributed by atoms with Crippen molar-refractivity contribution in [1.82, 2.24) is 25.1 Å². The first-order valence-electron chi connectivity index (χ1n) is 12.6. The van der Waals surface area contributed by atoms with E-state index in [9.17, 15) is 20.1 Å². The van der Waals surface area contributed by atoms with Crippen LogP contribution in [0, 0.1) is 0 Å². The van der Waals surface area contributed by atoms with Crippen LogP contribution in [-0.2, 0) is 0 Å². The highest BCUT2D eigenvalue weighted by Crippen LogP contribution is 2.35. The van der Waals surface area contributed by atoms with Gasteiger partial charge in [-0.1, -0.05) is 0 Å². The monoisotopic (exact) mass is 492 g/mol. The van der Waals surface area contributed by atoms with Gasteiger partial charge in [-0.15, -0.1) is 0 Å². The van der Waals surface area contributed by atoms with Crippen molar-refractivity contribution in [2.75, 3.05) is 52.4 Å². The van der Waals surface area contributed by atoms with Gasteiger partial charge >= 0.3 is 0 Å². The van der Waals surface area contributed by atoms with Crippen LogP contribution >= 0.6 is 0 Å². The maximum absolute atomic E-state index is 13.0. The van der Waals surface area contributed by atoms with Crippen LogP contribution in [0.1, 0.15) is 41.6 Å². The SMILES string of the molecule is O=C(NCCN1CCCC1)c1ccc(O)c2nc3c(/C=N/CCN4CCCC4)c(O)cc(O)c3nc12. The number of hydrogen-bond donors (Lipinski definition) is 4. The van der Waals surface area contributed by atoms with Crippen LogP contribution in [0.4, 0.5) is 0 Å². The molecule has 3 aromatic rings. The predicted molar refractivity (Wildman–Crippen MR) is 138 cm³/mol. The van der Waals surface area contributed by atoms with Crippen molar-refractivity contribution >= 4 is 34.2 Å². The summed E-state index contributed by atoms with van der Waals surface area (Å²) in [4.78, 5) is 31.1. The molecule has 2 saturated heterocycles. The number of aromatic hydroxyl groups is 3. The number of carbonyl (C=O) groups is 1. The van der Waals surface area contributed by atoms with Crippen molar-refractivity contribution in [3.8, 4) is 17.2 Å². The lowest BCUT2D eigenvalue weighted by Crippen LogP contribution is -2.33. The number of amides is 1. The van der Waals surface area contributed by atoms with E-state index in [1.54, 1.807) is 0 Å². The quantitative estimate of drug-likeness (QED) is 0.278. The molecule has 0 atom stereocenters. The topological polar surface area (TPSA) is 134 Å². The minimum Gasteiger partial charge on any atom is -0.507 e. The Bertz CT molecular complexity index is 1300. The van der Waals surface area contributed by atoms with Crippen molar-refractivity contribution in [1.29, 1.82) is 0 Å². The number of carbonyl (C=O) groups excluding carboxylic acids is 1. The average Bonchev–Trinajstić information content (AvgIpc) is 3.58. The molecule has 2 aliphatic rings.